The number of H-pyrrole nitrogens is 1. The number of hydrogen-bond donors (Lipinski definition) is 2. The highest BCUT2D eigenvalue weighted by Gasteiger charge is 2.22. The molecule has 0 aliphatic carbocycles. The Balaban J connectivity index is 2.29. The molecule has 6 nitrogen and oxygen atoms in total. The van der Waals surface area contributed by atoms with E-state index >= 15 is 0 Å². The van der Waals surface area contributed by atoms with Crippen LogP contribution in [0.3, 0.4) is 0 Å². The minimum Gasteiger partial charge on any atom is -0.349 e. The van der Waals surface area contributed by atoms with Crippen LogP contribution in [0.25, 0.3) is 10.8 Å². The number of carbonyl (C=O) groups is 1. The molecular formula is C15H20N4O2. The smallest absolute Gasteiger partial charge is 0.272 e. The third kappa shape index (κ3) is 3.11. The average Bonchev–Trinajstić information content (AvgIpc) is 2.45. The number of aromatic nitrogens is 2. The first-order valence-electron chi connectivity index (χ1n) is 6.76. The van der Waals surface area contributed by atoms with Crippen LogP contribution < -0.4 is 10.9 Å². The van der Waals surface area contributed by atoms with Crippen LogP contribution in [0.5, 0.6) is 0 Å². The predicted octanol–water partition coefficient (Wildman–Crippen LogP) is 0.993. The minimum atomic E-state index is -0.296. The Labute approximate surface area is 123 Å². The summed E-state index contributed by atoms with van der Waals surface area (Å²) in [7, 11) is 3.92. The lowest BCUT2D eigenvalue weighted by Crippen LogP contribution is -2.48. The lowest BCUT2D eigenvalue weighted by molar-refractivity contribution is 0.0915. The molecule has 1 amide bonds. The second kappa shape index (κ2) is 5.65. The van der Waals surface area contributed by atoms with Gasteiger partial charge in [-0.3, -0.25) is 9.59 Å². The van der Waals surface area contributed by atoms with Crippen molar-refractivity contribution in [1.82, 2.24) is 20.4 Å². The van der Waals surface area contributed by atoms with Gasteiger partial charge in [-0.15, -0.1) is 0 Å². The van der Waals surface area contributed by atoms with Gasteiger partial charge in [0.25, 0.3) is 11.5 Å². The van der Waals surface area contributed by atoms with Crippen molar-refractivity contribution < 1.29 is 4.79 Å². The van der Waals surface area contributed by atoms with Crippen molar-refractivity contribution in [1.29, 1.82) is 0 Å². The second-order valence-electron chi connectivity index (χ2n) is 5.84. The Bertz CT molecular complexity index is 719. The highest BCUT2D eigenvalue weighted by molar-refractivity contribution is 6.04. The quantitative estimate of drug-likeness (QED) is 0.879. The lowest BCUT2D eigenvalue weighted by atomic mass is 10.0. The van der Waals surface area contributed by atoms with Crippen LogP contribution in [0.2, 0.25) is 0 Å². The lowest BCUT2D eigenvalue weighted by Gasteiger charge is -2.32. The molecule has 2 rings (SSSR count). The Morgan fingerprint density at radius 1 is 1.29 bits per heavy atom. The van der Waals surface area contributed by atoms with Crippen molar-refractivity contribution in [3.8, 4) is 0 Å². The number of rotatable bonds is 4. The second-order valence-corrected chi connectivity index (χ2v) is 5.84. The summed E-state index contributed by atoms with van der Waals surface area (Å²) >= 11 is 0. The molecule has 2 aromatic rings. The molecule has 0 aliphatic heterocycles. The van der Waals surface area contributed by atoms with E-state index < -0.39 is 0 Å². The first-order chi connectivity index (χ1) is 9.83. The number of carbonyl (C=O) groups excluding carboxylic acids is 1. The molecule has 1 aromatic heterocycles. The van der Waals surface area contributed by atoms with Gasteiger partial charge in [0.15, 0.2) is 5.69 Å². The van der Waals surface area contributed by atoms with E-state index in [1.54, 1.807) is 24.3 Å². The fraction of sp³-hybridized carbons (Fsp3) is 0.400. The third-order valence-electron chi connectivity index (χ3n) is 3.80. The van der Waals surface area contributed by atoms with Gasteiger partial charge < -0.3 is 10.2 Å². The fourth-order valence-corrected chi connectivity index (χ4v) is 1.83. The molecule has 2 N–H and O–H groups in total. The minimum absolute atomic E-state index is 0.173. The molecule has 1 aromatic carbocycles. The van der Waals surface area contributed by atoms with Crippen LogP contribution in [0.4, 0.5) is 0 Å². The summed E-state index contributed by atoms with van der Waals surface area (Å²) in [4.78, 5) is 26.1. The number of likely N-dealkylation sites (N-methyl/N-ethyl adjacent to an activating group) is 1. The molecule has 1 heterocycles. The van der Waals surface area contributed by atoms with Gasteiger partial charge in [0.2, 0.25) is 0 Å². The van der Waals surface area contributed by atoms with Crippen molar-refractivity contribution in [3.05, 3.63) is 40.3 Å². The molecule has 0 bridgehead atoms. The standard InChI is InChI=1S/C15H20N4O2/c1-15(2,19(3)4)9-16-14(21)12-10-7-5-6-8-11(10)13(20)18-17-12/h5-8H,9H2,1-4H3,(H,16,21)(H,18,20). The Kier molecular flexibility index (Phi) is 4.09. The van der Waals surface area contributed by atoms with Crippen LogP contribution in [-0.2, 0) is 0 Å². The zero-order valence-corrected chi connectivity index (χ0v) is 12.7. The predicted molar refractivity (Wildman–Crippen MR) is 82.5 cm³/mol. The summed E-state index contributed by atoms with van der Waals surface area (Å²) in [5, 5.41) is 10.1. The summed E-state index contributed by atoms with van der Waals surface area (Å²) in [5.41, 5.74) is -0.233. The van der Waals surface area contributed by atoms with E-state index in [0.717, 1.165) is 0 Å². The highest BCUT2D eigenvalue weighted by atomic mass is 16.2. The van der Waals surface area contributed by atoms with E-state index in [1.807, 2.05) is 32.8 Å². The van der Waals surface area contributed by atoms with Crippen molar-refractivity contribution in [2.45, 2.75) is 19.4 Å². The number of amides is 1. The SMILES string of the molecule is CN(C)C(C)(C)CNC(=O)c1n[nH]c(=O)c2ccccc12. The van der Waals surface area contributed by atoms with Gasteiger partial charge in [0.05, 0.1) is 5.39 Å². The van der Waals surface area contributed by atoms with Gasteiger partial charge in [-0.25, -0.2) is 5.10 Å². The van der Waals surface area contributed by atoms with E-state index in [2.05, 4.69) is 15.5 Å². The molecule has 21 heavy (non-hydrogen) atoms. The van der Waals surface area contributed by atoms with Crippen molar-refractivity contribution in [2.75, 3.05) is 20.6 Å². The first kappa shape index (κ1) is 15.2. The van der Waals surface area contributed by atoms with Crippen molar-refractivity contribution >= 4 is 16.7 Å². The molecular weight excluding hydrogens is 268 g/mol. The summed E-state index contributed by atoms with van der Waals surface area (Å²) in [6, 6.07) is 6.94. The van der Waals surface area contributed by atoms with Gasteiger partial charge >= 0.3 is 0 Å². The first-order valence-corrected chi connectivity index (χ1v) is 6.76. The number of nitrogens with one attached hydrogen (secondary N) is 2. The molecule has 6 heteroatoms. The van der Waals surface area contributed by atoms with Crippen LogP contribution in [0.15, 0.2) is 29.1 Å². The van der Waals surface area contributed by atoms with Gasteiger partial charge in [-0.05, 0) is 34.0 Å². The van der Waals surface area contributed by atoms with E-state index in [-0.39, 0.29) is 22.7 Å². The monoisotopic (exact) mass is 288 g/mol. The zero-order chi connectivity index (χ0) is 15.6. The number of fused-ring (bicyclic) bond motifs is 1. The average molecular weight is 288 g/mol. The van der Waals surface area contributed by atoms with E-state index in [4.69, 9.17) is 0 Å². The molecule has 112 valence electrons. The van der Waals surface area contributed by atoms with Gasteiger partial charge in [-0.2, -0.15) is 5.10 Å². The van der Waals surface area contributed by atoms with Crippen LogP contribution in [0.1, 0.15) is 24.3 Å². The summed E-state index contributed by atoms with van der Waals surface area (Å²) in [6.07, 6.45) is 0. The Morgan fingerprint density at radius 3 is 2.52 bits per heavy atom. The molecule has 0 aliphatic rings. The van der Waals surface area contributed by atoms with Gasteiger partial charge in [0, 0.05) is 17.5 Å². The maximum absolute atomic E-state index is 12.3. The largest absolute Gasteiger partial charge is 0.349 e. The van der Waals surface area contributed by atoms with Gasteiger partial charge in [-0.1, -0.05) is 18.2 Å². The summed E-state index contributed by atoms with van der Waals surface area (Å²) < 4.78 is 0. The van der Waals surface area contributed by atoms with E-state index in [0.29, 0.717) is 17.3 Å². The number of hydrogen-bond acceptors (Lipinski definition) is 4. The molecule has 0 spiro atoms. The van der Waals surface area contributed by atoms with Crippen LogP contribution >= 0.6 is 0 Å². The molecule has 0 unspecified atom stereocenters. The highest BCUT2D eigenvalue weighted by Crippen LogP contribution is 2.13. The molecule has 0 fully saturated rings. The normalized spacial score (nSPS) is 11.9. The van der Waals surface area contributed by atoms with E-state index in [1.165, 1.54) is 0 Å². The van der Waals surface area contributed by atoms with Gasteiger partial charge in [0.1, 0.15) is 0 Å². The summed E-state index contributed by atoms with van der Waals surface area (Å²) in [6.45, 7) is 4.55. The zero-order valence-electron chi connectivity index (χ0n) is 12.7. The fourth-order valence-electron chi connectivity index (χ4n) is 1.83. The number of aromatic amines is 1. The molecule has 0 atom stereocenters. The molecule has 0 radical (unpaired) electrons. The van der Waals surface area contributed by atoms with Crippen LogP contribution in [0, 0.1) is 0 Å². The van der Waals surface area contributed by atoms with Crippen molar-refractivity contribution in [3.63, 3.8) is 0 Å². The Hall–Kier alpha value is -2.21. The van der Waals surface area contributed by atoms with E-state index in [9.17, 15) is 9.59 Å². The third-order valence-corrected chi connectivity index (χ3v) is 3.80. The number of nitrogens with zero attached hydrogens (tertiary/aromatic N) is 2. The molecule has 0 saturated heterocycles. The maximum Gasteiger partial charge on any atom is 0.272 e. The number of benzene rings is 1. The van der Waals surface area contributed by atoms with Crippen LogP contribution in [-0.4, -0.2) is 47.2 Å². The topological polar surface area (TPSA) is 78.1 Å². The summed E-state index contributed by atoms with van der Waals surface area (Å²) in [5.74, 6) is -0.294. The Morgan fingerprint density at radius 2 is 1.90 bits per heavy atom. The maximum atomic E-state index is 12.3. The molecule has 0 saturated carbocycles. The van der Waals surface area contributed by atoms with Crippen molar-refractivity contribution in [2.24, 2.45) is 0 Å².